The average Bonchev–Trinajstić information content (AvgIpc) is 3.17. The average molecular weight is 436 g/mol. The lowest BCUT2D eigenvalue weighted by Crippen LogP contribution is -2.45. The Morgan fingerprint density at radius 2 is 1.83 bits per heavy atom. The minimum Gasteiger partial charge on any atom is -0.462 e. The summed E-state index contributed by atoms with van der Waals surface area (Å²) >= 11 is 5.45. The molecule has 4 nitrogen and oxygen atoms in total. The van der Waals surface area contributed by atoms with Crippen LogP contribution in [0.3, 0.4) is 0 Å². The minimum absolute atomic E-state index is 0.274. The Morgan fingerprint density at radius 1 is 1.13 bits per heavy atom. The number of ether oxygens (including phenoxy) is 1. The minimum atomic E-state index is -4.40. The van der Waals surface area contributed by atoms with Gasteiger partial charge in [-0.1, -0.05) is 31.0 Å². The molecule has 1 aliphatic carbocycles. The Hall–Kier alpha value is -2.61. The normalized spacial score (nSPS) is 15.5. The highest BCUT2D eigenvalue weighted by molar-refractivity contribution is 7.80. The number of benzene rings is 2. The summed E-state index contributed by atoms with van der Waals surface area (Å²) in [6.07, 6.45) is -1.26. The number of hydrogen-bond donors (Lipinski definition) is 2. The Morgan fingerprint density at radius 3 is 2.50 bits per heavy atom. The van der Waals surface area contributed by atoms with Crippen molar-refractivity contribution in [3.63, 3.8) is 0 Å². The maximum atomic E-state index is 13.2. The van der Waals surface area contributed by atoms with Crippen molar-refractivity contribution in [2.45, 2.75) is 44.3 Å². The van der Waals surface area contributed by atoms with E-state index in [9.17, 15) is 18.0 Å². The Labute approximate surface area is 178 Å². The van der Waals surface area contributed by atoms with Crippen LogP contribution in [0.1, 0.15) is 54.1 Å². The number of thiocarbonyl (C=S) groups is 1. The number of rotatable bonds is 5. The van der Waals surface area contributed by atoms with Gasteiger partial charge in [0.2, 0.25) is 0 Å². The number of anilines is 1. The maximum absolute atomic E-state index is 13.2. The summed E-state index contributed by atoms with van der Waals surface area (Å²) in [7, 11) is 0. The standard InChI is InChI=1S/C22H23F3N2O2S/c1-2-29-19(28)15-7-5-10-18(13-15)26-20(30)27-21(11-3-4-12-21)16-8-6-9-17(14-16)22(23,24)25/h5-10,13-14H,2-4,11-12H2,1H3,(H2,26,27,30). The second-order valence-electron chi connectivity index (χ2n) is 7.25. The molecule has 0 spiro atoms. The third-order valence-corrected chi connectivity index (χ3v) is 5.39. The van der Waals surface area contributed by atoms with Crippen molar-refractivity contribution < 1.29 is 22.7 Å². The third kappa shape index (κ3) is 5.11. The van der Waals surface area contributed by atoms with Crippen molar-refractivity contribution >= 4 is 29.0 Å². The highest BCUT2D eigenvalue weighted by atomic mass is 32.1. The maximum Gasteiger partial charge on any atom is 0.416 e. The van der Waals surface area contributed by atoms with Crippen LogP contribution in [0.15, 0.2) is 48.5 Å². The monoisotopic (exact) mass is 436 g/mol. The first-order valence-electron chi connectivity index (χ1n) is 9.77. The van der Waals surface area contributed by atoms with Crippen LogP contribution >= 0.6 is 12.2 Å². The fraction of sp³-hybridized carbons (Fsp3) is 0.364. The molecule has 0 saturated heterocycles. The zero-order valence-electron chi connectivity index (χ0n) is 16.5. The third-order valence-electron chi connectivity index (χ3n) is 5.18. The first-order valence-corrected chi connectivity index (χ1v) is 10.2. The zero-order chi connectivity index (χ0) is 21.8. The summed E-state index contributed by atoms with van der Waals surface area (Å²) < 4.78 is 44.6. The number of halogens is 3. The van der Waals surface area contributed by atoms with E-state index in [4.69, 9.17) is 17.0 Å². The molecule has 1 aliphatic rings. The van der Waals surface area contributed by atoms with Crippen LogP contribution in [0.4, 0.5) is 18.9 Å². The van der Waals surface area contributed by atoms with Crippen LogP contribution < -0.4 is 10.6 Å². The van der Waals surface area contributed by atoms with Crippen LogP contribution in [0.2, 0.25) is 0 Å². The molecule has 0 aliphatic heterocycles. The van der Waals surface area contributed by atoms with Crippen LogP contribution in [0.5, 0.6) is 0 Å². The molecule has 0 aromatic heterocycles. The molecule has 0 heterocycles. The van der Waals surface area contributed by atoms with Crippen molar-refractivity contribution in [3.05, 3.63) is 65.2 Å². The summed E-state index contributed by atoms with van der Waals surface area (Å²) in [6.45, 7) is 2.00. The van der Waals surface area contributed by atoms with E-state index < -0.39 is 23.2 Å². The lowest BCUT2D eigenvalue weighted by Gasteiger charge is -2.33. The second-order valence-corrected chi connectivity index (χ2v) is 7.66. The molecule has 2 aromatic carbocycles. The van der Waals surface area contributed by atoms with Gasteiger partial charge < -0.3 is 15.4 Å². The lowest BCUT2D eigenvalue weighted by atomic mass is 9.87. The topological polar surface area (TPSA) is 50.4 Å². The van der Waals surface area contributed by atoms with E-state index in [1.807, 2.05) is 0 Å². The van der Waals surface area contributed by atoms with Gasteiger partial charge in [0.1, 0.15) is 0 Å². The number of nitrogens with one attached hydrogen (secondary N) is 2. The van der Waals surface area contributed by atoms with Gasteiger partial charge in [0.25, 0.3) is 0 Å². The molecule has 160 valence electrons. The summed E-state index contributed by atoms with van der Waals surface area (Å²) in [5.41, 5.74) is 0.214. The second kappa shape index (κ2) is 9.04. The summed E-state index contributed by atoms with van der Waals surface area (Å²) in [4.78, 5) is 11.9. The predicted molar refractivity (Wildman–Crippen MR) is 113 cm³/mol. The van der Waals surface area contributed by atoms with E-state index in [0.29, 0.717) is 29.7 Å². The zero-order valence-corrected chi connectivity index (χ0v) is 17.3. The van der Waals surface area contributed by atoms with E-state index in [2.05, 4.69) is 10.6 Å². The predicted octanol–water partition coefficient (Wildman–Crippen LogP) is 5.64. The number of hydrogen-bond acceptors (Lipinski definition) is 3. The first kappa shape index (κ1) is 22.1. The van der Waals surface area contributed by atoms with Gasteiger partial charge in [0.15, 0.2) is 5.11 Å². The van der Waals surface area contributed by atoms with Crippen molar-refractivity contribution in [1.29, 1.82) is 0 Å². The number of alkyl halides is 3. The highest BCUT2D eigenvalue weighted by Gasteiger charge is 2.38. The molecule has 0 amide bonds. The molecular weight excluding hydrogens is 413 g/mol. The van der Waals surface area contributed by atoms with Gasteiger partial charge in [-0.25, -0.2) is 4.79 Å². The molecule has 0 unspecified atom stereocenters. The molecule has 2 N–H and O–H groups in total. The molecule has 8 heteroatoms. The molecule has 2 aromatic rings. The molecule has 1 saturated carbocycles. The van der Waals surface area contributed by atoms with Gasteiger partial charge in [0.05, 0.1) is 23.3 Å². The van der Waals surface area contributed by atoms with Crippen molar-refractivity contribution in [3.8, 4) is 0 Å². The van der Waals surface area contributed by atoms with Crippen LogP contribution in [0, 0.1) is 0 Å². The smallest absolute Gasteiger partial charge is 0.416 e. The molecule has 1 fully saturated rings. The summed E-state index contributed by atoms with van der Waals surface area (Å²) in [6, 6.07) is 12.1. The van der Waals surface area contributed by atoms with Gasteiger partial charge in [-0.15, -0.1) is 0 Å². The Bertz CT molecular complexity index is 925. The van der Waals surface area contributed by atoms with Gasteiger partial charge in [0, 0.05) is 5.69 Å². The largest absolute Gasteiger partial charge is 0.462 e. The van der Waals surface area contributed by atoms with Gasteiger partial charge >= 0.3 is 12.1 Å². The van der Waals surface area contributed by atoms with E-state index in [-0.39, 0.29) is 11.7 Å². The van der Waals surface area contributed by atoms with Gasteiger partial charge in [-0.3, -0.25) is 0 Å². The van der Waals surface area contributed by atoms with Crippen molar-refractivity contribution in [1.82, 2.24) is 5.32 Å². The number of carbonyl (C=O) groups excluding carboxylic acids is 1. The fourth-order valence-electron chi connectivity index (χ4n) is 3.78. The fourth-order valence-corrected chi connectivity index (χ4v) is 4.09. The van der Waals surface area contributed by atoms with Gasteiger partial charge in [-0.2, -0.15) is 13.2 Å². The number of esters is 1. The molecule has 30 heavy (non-hydrogen) atoms. The summed E-state index contributed by atoms with van der Waals surface area (Å²) in [5, 5.41) is 6.57. The first-order chi connectivity index (χ1) is 14.2. The quantitative estimate of drug-likeness (QED) is 0.469. The lowest BCUT2D eigenvalue weighted by molar-refractivity contribution is -0.137. The number of carbonyl (C=O) groups is 1. The van der Waals surface area contributed by atoms with Crippen LogP contribution in [-0.2, 0) is 16.5 Å². The van der Waals surface area contributed by atoms with E-state index in [1.165, 1.54) is 12.1 Å². The van der Waals surface area contributed by atoms with Gasteiger partial charge in [-0.05, 0) is 67.9 Å². The highest BCUT2D eigenvalue weighted by Crippen LogP contribution is 2.41. The van der Waals surface area contributed by atoms with Crippen LogP contribution in [0.25, 0.3) is 0 Å². The molecular formula is C22H23F3N2O2S. The SMILES string of the molecule is CCOC(=O)c1cccc(NC(=S)NC2(c3cccc(C(F)(F)F)c3)CCCC2)c1. The van der Waals surface area contributed by atoms with E-state index >= 15 is 0 Å². The summed E-state index contributed by atoms with van der Waals surface area (Å²) in [5.74, 6) is -0.434. The molecule has 0 radical (unpaired) electrons. The molecule has 0 atom stereocenters. The Kier molecular flexibility index (Phi) is 6.65. The van der Waals surface area contributed by atoms with Crippen molar-refractivity contribution in [2.24, 2.45) is 0 Å². The Balaban J connectivity index is 1.79. The van der Waals surface area contributed by atoms with Crippen LogP contribution in [-0.4, -0.2) is 17.7 Å². The van der Waals surface area contributed by atoms with E-state index in [1.54, 1.807) is 37.3 Å². The molecule has 3 rings (SSSR count). The van der Waals surface area contributed by atoms with Crippen molar-refractivity contribution in [2.75, 3.05) is 11.9 Å². The van der Waals surface area contributed by atoms with E-state index in [0.717, 1.165) is 18.9 Å². The molecule has 0 bridgehead atoms.